The molecule has 0 radical (unpaired) electrons. The van der Waals surface area contributed by atoms with E-state index < -0.39 is 8.80 Å². The maximum atomic E-state index is 9.14. The van der Waals surface area contributed by atoms with E-state index in [1.54, 1.807) is 18.7 Å². The van der Waals surface area contributed by atoms with Gasteiger partial charge in [-0.3, -0.25) is 0 Å². The molecular formula is C23H27N3O4Si. The van der Waals surface area contributed by atoms with Gasteiger partial charge in [0.1, 0.15) is 18.1 Å². The number of aliphatic hydroxyl groups is 1. The molecule has 3 aromatic heterocycles. The molecule has 0 amide bonds. The van der Waals surface area contributed by atoms with Gasteiger partial charge in [-0.05, 0) is 36.7 Å². The van der Waals surface area contributed by atoms with Crippen LogP contribution in [0.4, 0.5) is 0 Å². The number of nitrogens with zero attached hydrogens (tertiary/aromatic N) is 3. The number of hydrogen-bond donors (Lipinski definition) is 1. The third-order valence-electron chi connectivity index (χ3n) is 5.03. The summed E-state index contributed by atoms with van der Waals surface area (Å²) in [7, 11) is -0.599. The van der Waals surface area contributed by atoms with Gasteiger partial charge in [0, 0.05) is 63.1 Å². The van der Waals surface area contributed by atoms with E-state index in [0.29, 0.717) is 24.8 Å². The molecule has 4 rings (SSSR count). The van der Waals surface area contributed by atoms with Crippen LogP contribution in [0, 0.1) is 0 Å². The Labute approximate surface area is 182 Å². The zero-order valence-corrected chi connectivity index (χ0v) is 19.0. The molecule has 0 saturated heterocycles. The maximum Gasteiger partial charge on any atom is 0.219 e. The quantitative estimate of drug-likeness (QED) is 0.291. The first kappa shape index (κ1) is 21.3. The van der Waals surface area contributed by atoms with Gasteiger partial charge in [0.05, 0.1) is 12.0 Å². The number of furan rings is 1. The minimum Gasteiger partial charge on any atom is -0.464 e. The molecule has 8 heteroatoms. The molecule has 7 nitrogen and oxygen atoms in total. The van der Waals surface area contributed by atoms with Crippen molar-refractivity contribution in [3.63, 3.8) is 0 Å². The van der Waals surface area contributed by atoms with Gasteiger partial charge in [-0.1, -0.05) is 13.1 Å². The highest BCUT2D eigenvalue weighted by molar-refractivity contribution is 6.55. The van der Waals surface area contributed by atoms with Gasteiger partial charge in [0.15, 0.2) is 0 Å². The molecular weight excluding hydrogens is 410 g/mol. The Morgan fingerprint density at radius 2 is 2.06 bits per heavy atom. The lowest BCUT2D eigenvalue weighted by Gasteiger charge is -2.10. The summed E-state index contributed by atoms with van der Waals surface area (Å²) in [6, 6.07) is 12.6. The molecule has 0 atom stereocenters. The summed E-state index contributed by atoms with van der Waals surface area (Å²) in [5, 5.41) is 14.5. The molecule has 0 fully saturated rings. The van der Waals surface area contributed by atoms with Crippen LogP contribution in [0.25, 0.3) is 22.2 Å². The van der Waals surface area contributed by atoms with Crippen LogP contribution < -0.4 is 4.74 Å². The Bertz CT molecular complexity index is 1120. The van der Waals surface area contributed by atoms with E-state index in [1.165, 1.54) is 0 Å². The number of rotatable bonds is 10. The summed E-state index contributed by atoms with van der Waals surface area (Å²) in [6.45, 7) is 5.94. The normalized spacial score (nSPS) is 11.5. The number of hydrogen-bond acceptors (Lipinski definition) is 6. The van der Waals surface area contributed by atoms with Crippen molar-refractivity contribution in [2.24, 2.45) is 0 Å². The summed E-state index contributed by atoms with van der Waals surface area (Å²) in [5.41, 5.74) is 3.61. The van der Waals surface area contributed by atoms with E-state index in [-0.39, 0.29) is 6.61 Å². The molecule has 3 heterocycles. The molecule has 1 aromatic carbocycles. The number of fused-ring (bicyclic) bond motifs is 1. The predicted molar refractivity (Wildman–Crippen MR) is 122 cm³/mol. The predicted octanol–water partition coefficient (Wildman–Crippen LogP) is 4.48. The largest absolute Gasteiger partial charge is 0.464 e. The minimum absolute atomic E-state index is 0.0910. The van der Waals surface area contributed by atoms with Crippen LogP contribution in [0.2, 0.25) is 19.1 Å². The second-order valence-corrected chi connectivity index (χ2v) is 11.2. The lowest BCUT2D eigenvalue weighted by Crippen LogP contribution is -2.10. The van der Waals surface area contributed by atoms with Crippen molar-refractivity contribution in [1.82, 2.24) is 14.8 Å². The topological polar surface area (TPSA) is 82.5 Å². The van der Waals surface area contributed by atoms with E-state index in [2.05, 4.69) is 23.2 Å². The Hall–Kier alpha value is -2.94. The number of pyridine rings is 1. The monoisotopic (exact) mass is 437 g/mol. The van der Waals surface area contributed by atoms with E-state index in [1.807, 2.05) is 41.1 Å². The fourth-order valence-electron chi connectivity index (χ4n) is 3.30. The van der Waals surface area contributed by atoms with Crippen LogP contribution in [0.3, 0.4) is 0 Å². The first-order valence-corrected chi connectivity index (χ1v) is 13.6. The van der Waals surface area contributed by atoms with Crippen molar-refractivity contribution < 1.29 is 19.0 Å². The fraction of sp³-hybridized carbons (Fsp3) is 0.304. The summed E-state index contributed by atoms with van der Waals surface area (Å²) in [4.78, 5) is 4.44. The van der Waals surface area contributed by atoms with E-state index in [0.717, 1.165) is 40.4 Å². The smallest absolute Gasteiger partial charge is 0.219 e. The van der Waals surface area contributed by atoms with E-state index >= 15 is 0 Å². The molecule has 0 aliphatic heterocycles. The highest BCUT2D eigenvalue weighted by atomic mass is 28.3. The van der Waals surface area contributed by atoms with E-state index in [4.69, 9.17) is 19.0 Å². The van der Waals surface area contributed by atoms with Gasteiger partial charge >= 0.3 is 0 Å². The van der Waals surface area contributed by atoms with Crippen LogP contribution in [-0.4, -0.2) is 41.9 Å². The van der Waals surface area contributed by atoms with Crippen molar-refractivity contribution in [3.8, 4) is 22.9 Å². The first-order chi connectivity index (χ1) is 15.1. The first-order valence-electron chi connectivity index (χ1n) is 10.5. The molecule has 0 aliphatic carbocycles. The van der Waals surface area contributed by atoms with Crippen molar-refractivity contribution in [2.45, 2.75) is 32.3 Å². The van der Waals surface area contributed by atoms with E-state index in [9.17, 15) is 0 Å². The second-order valence-electron chi connectivity index (χ2n) is 7.82. The van der Waals surface area contributed by atoms with Crippen LogP contribution in [0.1, 0.15) is 5.56 Å². The molecule has 0 spiro atoms. The third kappa shape index (κ3) is 5.22. The standard InChI is InChI=1S/C23H27N3O4Si/c1-31(2)12-11-28-16-26-21(7-9-25-26)17-3-6-23(24-14-17)30-19-4-5-20-18(8-10-27)15-29-22(20)13-19/h3-7,9,13-15,27,31H,8,10-12,16H2,1-2H3. The van der Waals surface area contributed by atoms with Gasteiger partial charge in [0.2, 0.25) is 5.88 Å². The SMILES string of the molecule is C[SiH](C)CCOCn1nccc1-c1ccc(Oc2ccc3c(CCO)coc3c2)nc1. The maximum absolute atomic E-state index is 9.14. The molecule has 31 heavy (non-hydrogen) atoms. The molecule has 0 aliphatic rings. The highest BCUT2D eigenvalue weighted by Crippen LogP contribution is 2.29. The molecule has 1 N–H and O–H groups in total. The van der Waals surface area contributed by atoms with Crippen molar-refractivity contribution in [2.75, 3.05) is 13.2 Å². The van der Waals surface area contributed by atoms with Crippen molar-refractivity contribution >= 4 is 19.8 Å². The highest BCUT2D eigenvalue weighted by Gasteiger charge is 2.10. The molecule has 162 valence electrons. The van der Waals surface area contributed by atoms with Gasteiger partial charge in [0.25, 0.3) is 0 Å². The van der Waals surface area contributed by atoms with Crippen LogP contribution in [-0.2, 0) is 17.9 Å². The Kier molecular flexibility index (Phi) is 6.81. The third-order valence-corrected chi connectivity index (χ3v) is 6.42. The lowest BCUT2D eigenvalue weighted by atomic mass is 10.1. The van der Waals surface area contributed by atoms with Gasteiger partial charge in [-0.2, -0.15) is 5.10 Å². The Morgan fingerprint density at radius 1 is 1.16 bits per heavy atom. The average molecular weight is 438 g/mol. The fourth-order valence-corrected chi connectivity index (χ4v) is 3.94. The molecule has 0 saturated carbocycles. The van der Waals surface area contributed by atoms with Crippen LogP contribution in [0.5, 0.6) is 11.6 Å². The Balaban J connectivity index is 1.42. The molecule has 4 aromatic rings. The zero-order valence-electron chi connectivity index (χ0n) is 17.8. The second kappa shape index (κ2) is 9.91. The summed E-state index contributed by atoms with van der Waals surface area (Å²) in [5.74, 6) is 1.14. The van der Waals surface area contributed by atoms with Gasteiger partial charge in [-0.15, -0.1) is 0 Å². The number of ether oxygens (including phenoxy) is 2. The Morgan fingerprint density at radius 3 is 2.84 bits per heavy atom. The lowest BCUT2D eigenvalue weighted by molar-refractivity contribution is 0.0801. The van der Waals surface area contributed by atoms with Crippen LogP contribution >= 0.6 is 0 Å². The zero-order chi connectivity index (χ0) is 21.6. The molecule has 0 unspecified atom stereocenters. The summed E-state index contributed by atoms with van der Waals surface area (Å²) in [6.07, 6.45) is 5.78. The van der Waals surface area contributed by atoms with Crippen molar-refractivity contribution in [3.05, 3.63) is 60.6 Å². The number of aliphatic hydroxyl groups excluding tert-OH is 1. The average Bonchev–Trinajstić information content (AvgIpc) is 3.39. The molecule has 0 bridgehead atoms. The minimum atomic E-state index is -0.599. The summed E-state index contributed by atoms with van der Waals surface area (Å²) < 4.78 is 19.1. The van der Waals surface area contributed by atoms with Gasteiger partial charge in [-0.25, -0.2) is 9.67 Å². The van der Waals surface area contributed by atoms with Crippen LogP contribution in [0.15, 0.2) is 59.5 Å². The van der Waals surface area contributed by atoms with Gasteiger partial charge < -0.3 is 19.0 Å². The van der Waals surface area contributed by atoms with Crippen molar-refractivity contribution in [1.29, 1.82) is 0 Å². The number of benzene rings is 1. The summed E-state index contributed by atoms with van der Waals surface area (Å²) >= 11 is 0. The number of aromatic nitrogens is 3.